The average Bonchev–Trinajstić information content (AvgIpc) is 3.37. The van der Waals surface area contributed by atoms with Crippen LogP contribution in [0.5, 0.6) is 0 Å². The Hall–Kier alpha value is -2.73. The predicted octanol–water partition coefficient (Wildman–Crippen LogP) is 3.43. The fourth-order valence-corrected chi connectivity index (χ4v) is 4.18. The largest absolute Gasteiger partial charge is 0.371 e. The van der Waals surface area contributed by atoms with Crippen molar-refractivity contribution in [2.45, 2.75) is 13.3 Å². The second-order valence-corrected chi connectivity index (χ2v) is 8.11. The molecule has 152 valence electrons. The number of hydrogen-bond donors (Lipinski definition) is 2. The lowest BCUT2D eigenvalue weighted by molar-refractivity contribution is 0.0948. The summed E-state index contributed by atoms with van der Waals surface area (Å²) in [6, 6.07) is 13.1. The van der Waals surface area contributed by atoms with E-state index in [4.69, 9.17) is 11.6 Å². The van der Waals surface area contributed by atoms with E-state index in [1.165, 1.54) is 11.3 Å². The number of amides is 3. The summed E-state index contributed by atoms with van der Waals surface area (Å²) >= 11 is 6.16. The molecule has 1 atom stereocenters. The Kier molecular flexibility index (Phi) is 5.62. The van der Waals surface area contributed by atoms with Gasteiger partial charge in [0.05, 0.1) is 0 Å². The van der Waals surface area contributed by atoms with E-state index < -0.39 is 0 Å². The molecule has 6 nitrogen and oxygen atoms in total. The predicted molar refractivity (Wildman–Crippen MR) is 116 cm³/mol. The molecule has 0 aliphatic carbocycles. The van der Waals surface area contributed by atoms with Gasteiger partial charge in [0.15, 0.2) is 0 Å². The topological polar surface area (TPSA) is 64.7 Å². The van der Waals surface area contributed by atoms with E-state index >= 15 is 0 Å². The molecule has 0 spiro atoms. The van der Waals surface area contributed by atoms with Gasteiger partial charge in [-0.25, -0.2) is 4.79 Å². The first-order valence-electron chi connectivity index (χ1n) is 9.96. The van der Waals surface area contributed by atoms with E-state index in [9.17, 15) is 9.59 Å². The highest BCUT2D eigenvalue weighted by atomic mass is 35.5. The first-order valence-corrected chi connectivity index (χ1v) is 10.3. The molecular formula is C22H25ClN4O2. The number of anilines is 2. The standard InChI is InChI=1S/C22H25ClN4O2/c1-15-5-6-18(23)12-20(15)26-9-7-16(14-26)13-25-21(28)17-3-2-4-19(11-17)27-10-8-24-22(27)29/h2-6,11-12,16H,7-10,13-14H2,1H3,(H,24,29)(H,25,28). The van der Waals surface area contributed by atoms with E-state index in [2.05, 4.69) is 22.5 Å². The van der Waals surface area contributed by atoms with Crippen LogP contribution in [0.1, 0.15) is 22.3 Å². The van der Waals surface area contributed by atoms with Crippen molar-refractivity contribution in [3.63, 3.8) is 0 Å². The lowest BCUT2D eigenvalue weighted by Gasteiger charge is -2.21. The van der Waals surface area contributed by atoms with Crippen LogP contribution >= 0.6 is 11.6 Å². The van der Waals surface area contributed by atoms with Crippen LogP contribution in [0.3, 0.4) is 0 Å². The van der Waals surface area contributed by atoms with E-state index in [1.54, 1.807) is 17.0 Å². The molecule has 2 N–H and O–H groups in total. The van der Waals surface area contributed by atoms with Crippen LogP contribution in [-0.2, 0) is 0 Å². The van der Waals surface area contributed by atoms with E-state index in [-0.39, 0.29) is 11.9 Å². The van der Waals surface area contributed by atoms with Gasteiger partial charge >= 0.3 is 6.03 Å². The van der Waals surface area contributed by atoms with Crippen molar-refractivity contribution >= 4 is 34.9 Å². The minimum atomic E-state index is -0.120. The summed E-state index contributed by atoms with van der Waals surface area (Å²) in [5.74, 6) is 0.286. The molecule has 2 aliphatic rings. The molecule has 4 rings (SSSR count). The number of urea groups is 1. The number of halogens is 1. The highest BCUT2D eigenvalue weighted by Crippen LogP contribution is 2.29. The van der Waals surface area contributed by atoms with Crippen LogP contribution in [-0.4, -0.2) is 44.7 Å². The van der Waals surface area contributed by atoms with Gasteiger partial charge in [-0.05, 0) is 55.2 Å². The molecule has 2 fully saturated rings. The van der Waals surface area contributed by atoms with Gasteiger partial charge in [0.25, 0.3) is 5.91 Å². The molecule has 0 aromatic heterocycles. The summed E-state index contributed by atoms with van der Waals surface area (Å²) < 4.78 is 0. The summed E-state index contributed by atoms with van der Waals surface area (Å²) in [7, 11) is 0. The summed E-state index contributed by atoms with van der Waals surface area (Å²) in [6.45, 7) is 5.82. The number of rotatable bonds is 5. The Bertz CT molecular complexity index is 933. The monoisotopic (exact) mass is 412 g/mol. The van der Waals surface area contributed by atoms with Gasteiger partial charge < -0.3 is 15.5 Å². The Morgan fingerprint density at radius 3 is 2.90 bits per heavy atom. The SMILES string of the molecule is Cc1ccc(Cl)cc1N1CCC(CNC(=O)c2cccc(N3CCNC3=O)c2)C1. The zero-order chi connectivity index (χ0) is 20.4. The Labute approximate surface area is 175 Å². The summed E-state index contributed by atoms with van der Waals surface area (Å²) in [4.78, 5) is 28.5. The van der Waals surface area contributed by atoms with Crippen molar-refractivity contribution in [3.05, 3.63) is 58.6 Å². The number of carbonyl (C=O) groups excluding carboxylic acids is 2. The number of carbonyl (C=O) groups is 2. The molecule has 2 aromatic carbocycles. The van der Waals surface area contributed by atoms with E-state index in [0.29, 0.717) is 31.1 Å². The van der Waals surface area contributed by atoms with Crippen molar-refractivity contribution < 1.29 is 9.59 Å². The maximum Gasteiger partial charge on any atom is 0.321 e. The van der Waals surface area contributed by atoms with Crippen LogP contribution < -0.4 is 20.4 Å². The Balaban J connectivity index is 1.34. The normalized spacial score (nSPS) is 18.8. The minimum Gasteiger partial charge on any atom is -0.371 e. The third-order valence-electron chi connectivity index (χ3n) is 5.63. The van der Waals surface area contributed by atoms with Crippen LogP contribution in [0.2, 0.25) is 5.02 Å². The number of nitrogens with zero attached hydrogens (tertiary/aromatic N) is 2. The molecule has 2 aromatic rings. The highest BCUT2D eigenvalue weighted by molar-refractivity contribution is 6.30. The van der Waals surface area contributed by atoms with Gasteiger partial charge in [0, 0.05) is 54.7 Å². The zero-order valence-corrected chi connectivity index (χ0v) is 17.2. The third-order valence-corrected chi connectivity index (χ3v) is 5.86. The molecule has 7 heteroatoms. The van der Waals surface area contributed by atoms with Gasteiger partial charge in [-0.15, -0.1) is 0 Å². The summed E-state index contributed by atoms with van der Waals surface area (Å²) in [5.41, 5.74) is 3.70. The number of benzene rings is 2. The first-order chi connectivity index (χ1) is 14.0. The maximum absolute atomic E-state index is 12.6. The smallest absolute Gasteiger partial charge is 0.321 e. The Morgan fingerprint density at radius 2 is 2.10 bits per heavy atom. The number of nitrogens with one attached hydrogen (secondary N) is 2. The van der Waals surface area contributed by atoms with Crippen LogP contribution in [0.4, 0.5) is 16.2 Å². The number of aryl methyl sites for hydroxylation is 1. The minimum absolute atomic E-state index is 0.108. The average molecular weight is 413 g/mol. The second kappa shape index (κ2) is 8.33. The van der Waals surface area contributed by atoms with Crippen molar-refractivity contribution in [3.8, 4) is 0 Å². The molecule has 3 amide bonds. The van der Waals surface area contributed by atoms with Gasteiger partial charge in [-0.1, -0.05) is 23.7 Å². The van der Waals surface area contributed by atoms with Gasteiger partial charge in [0.1, 0.15) is 0 Å². The molecule has 2 heterocycles. The lowest BCUT2D eigenvalue weighted by atomic mass is 10.1. The fraction of sp³-hybridized carbons (Fsp3) is 0.364. The van der Waals surface area contributed by atoms with Gasteiger partial charge in [-0.3, -0.25) is 9.69 Å². The molecule has 0 radical (unpaired) electrons. The maximum atomic E-state index is 12.6. The summed E-state index contributed by atoms with van der Waals surface area (Å²) in [6.07, 6.45) is 1.03. The number of hydrogen-bond acceptors (Lipinski definition) is 3. The van der Waals surface area contributed by atoms with Gasteiger partial charge in [0.2, 0.25) is 0 Å². The Morgan fingerprint density at radius 1 is 1.24 bits per heavy atom. The van der Waals surface area contributed by atoms with E-state index in [1.807, 2.05) is 30.3 Å². The second-order valence-electron chi connectivity index (χ2n) is 7.68. The molecule has 2 aliphatic heterocycles. The van der Waals surface area contributed by atoms with Crippen molar-refractivity contribution in [1.82, 2.24) is 10.6 Å². The van der Waals surface area contributed by atoms with Crippen LogP contribution in [0, 0.1) is 12.8 Å². The molecule has 2 saturated heterocycles. The first kappa shape index (κ1) is 19.6. The highest BCUT2D eigenvalue weighted by Gasteiger charge is 2.25. The quantitative estimate of drug-likeness (QED) is 0.790. The molecular weight excluding hydrogens is 388 g/mol. The van der Waals surface area contributed by atoms with E-state index in [0.717, 1.165) is 30.2 Å². The van der Waals surface area contributed by atoms with Gasteiger partial charge in [-0.2, -0.15) is 0 Å². The lowest BCUT2D eigenvalue weighted by Crippen LogP contribution is -2.31. The zero-order valence-electron chi connectivity index (χ0n) is 16.5. The summed E-state index contributed by atoms with van der Waals surface area (Å²) in [5, 5.41) is 6.58. The van der Waals surface area contributed by atoms with Crippen molar-refractivity contribution in [2.24, 2.45) is 5.92 Å². The third kappa shape index (κ3) is 4.32. The van der Waals surface area contributed by atoms with Crippen molar-refractivity contribution in [1.29, 1.82) is 0 Å². The fourth-order valence-electron chi connectivity index (χ4n) is 4.01. The van der Waals surface area contributed by atoms with Crippen LogP contribution in [0.25, 0.3) is 0 Å². The van der Waals surface area contributed by atoms with Crippen molar-refractivity contribution in [2.75, 3.05) is 42.5 Å². The molecule has 0 saturated carbocycles. The molecule has 0 bridgehead atoms. The van der Waals surface area contributed by atoms with Crippen LogP contribution in [0.15, 0.2) is 42.5 Å². The molecule has 29 heavy (non-hydrogen) atoms. The molecule has 1 unspecified atom stereocenters.